The molecule has 0 N–H and O–H groups in total. The zero-order valence-electron chi connectivity index (χ0n) is 10.7. The highest BCUT2D eigenvalue weighted by molar-refractivity contribution is 5.74. The summed E-state index contributed by atoms with van der Waals surface area (Å²) >= 11 is 0. The maximum absolute atomic E-state index is 13.5. The maximum Gasteiger partial charge on any atom is 0.165 e. The molecule has 102 valence electrons. The van der Waals surface area contributed by atoms with Crippen LogP contribution in [0.15, 0.2) is 55.1 Å². The molecule has 0 saturated carbocycles. The van der Waals surface area contributed by atoms with Crippen LogP contribution in [-0.4, -0.2) is 12.9 Å². The molecule has 0 aromatic heterocycles. The van der Waals surface area contributed by atoms with Crippen molar-refractivity contribution in [3.63, 3.8) is 0 Å². The summed E-state index contributed by atoms with van der Waals surface area (Å²) in [5, 5.41) is 0. The number of hydrogen-bond acceptors (Lipinski definition) is 3. The number of rotatable bonds is 6. The molecule has 0 heterocycles. The first kappa shape index (κ1) is 13.8. The molecule has 0 unspecified atom stereocenters. The average molecular weight is 272 g/mol. The Labute approximate surface area is 116 Å². The number of aldehydes is 1. The van der Waals surface area contributed by atoms with E-state index in [0.717, 1.165) is 6.29 Å². The first-order chi connectivity index (χ1) is 9.72. The lowest BCUT2D eigenvalue weighted by Gasteiger charge is -2.09. The topological polar surface area (TPSA) is 35.5 Å². The molecule has 0 radical (unpaired) electrons. The Bertz CT molecular complexity index is 606. The monoisotopic (exact) mass is 272 g/mol. The van der Waals surface area contributed by atoms with E-state index < -0.39 is 5.82 Å². The molecule has 0 aliphatic carbocycles. The minimum atomic E-state index is -0.462. The minimum Gasteiger partial charge on any atom is -0.486 e. The third kappa shape index (κ3) is 3.45. The van der Waals surface area contributed by atoms with E-state index in [9.17, 15) is 9.18 Å². The minimum absolute atomic E-state index is 0.104. The molecule has 2 rings (SSSR count). The number of benzene rings is 2. The summed E-state index contributed by atoms with van der Waals surface area (Å²) < 4.78 is 24.2. The van der Waals surface area contributed by atoms with E-state index in [4.69, 9.17) is 9.47 Å². The fraction of sp³-hybridized carbons (Fsp3) is 0.0625. The summed E-state index contributed by atoms with van der Waals surface area (Å²) in [7, 11) is 0. The van der Waals surface area contributed by atoms with Crippen molar-refractivity contribution >= 4 is 6.29 Å². The van der Waals surface area contributed by atoms with Crippen LogP contribution in [0.5, 0.6) is 17.2 Å². The van der Waals surface area contributed by atoms with E-state index in [0.29, 0.717) is 17.1 Å². The van der Waals surface area contributed by atoms with Crippen molar-refractivity contribution in [1.82, 2.24) is 0 Å². The fourth-order valence-electron chi connectivity index (χ4n) is 1.56. The van der Waals surface area contributed by atoms with Crippen molar-refractivity contribution in [3.8, 4) is 17.2 Å². The highest BCUT2D eigenvalue weighted by Crippen LogP contribution is 2.27. The number of carbonyl (C=O) groups excluding carboxylic acids is 1. The Morgan fingerprint density at radius 3 is 2.45 bits per heavy atom. The van der Waals surface area contributed by atoms with Gasteiger partial charge in [-0.1, -0.05) is 12.7 Å². The molecule has 0 aliphatic heterocycles. The Morgan fingerprint density at radius 1 is 1.10 bits per heavy atom. The lowest BCUT2D eigenvalue weighted by Crippen LogP contribution is -1.96. The molecule has 0 spiro atoms. The zero-order chi connectivity index (χ0) is 14.4. The summed E-state index contributed by atoms with van der Waals surface area (Å²) in [6.45, 7) is 3.72. The van der Waals surface area contributed by atoms with E-state index in [1.807, 2.05) is 0 Å². The summed E-state index contributed by atoms with van der Waals surface area (Å²) in [6, 6.07) is 10.8. The van der Waals surface area contributed by atoms with Crippen LogP contribution in [0, 0.1) is 5.82 Å². The van der Waals surface area contributed by atoms with Gasteiger partial charge >= 0.3 is 0 Å². The molecule has 2 aromatic rings. The van der Waals surface area contributed by atoms with Crippen molar-refractivity contribution in [2.45, 2.75) is 0 Å². The molecular formula is C16H13FO3. The van der Waals surface area contributed by atoms with Crippen molar-refractivity contribution in [3.05, 3.63) is 66.5 Å². The average Bonchev–Trinajstić information content (AvgIpc) is 2.48. The van der Waals surface area contributed by atoms with Gasteiger partial charge in [-0.25, -0.2) is 4.39 Å². The van der Waals surface area contributed by atoms with Crippen molar-refractivity contribution in [1.29, 1.82) is 0 Å². The normalized spacial score (nSPS) is 9.85. The van der Waals surface area contributed by atoms with Gasteiger partial charge < -0.3 is 9.47 Å². The lowest BCUT2D eigenvalue weighted by molar-refractivity contribution is 0.112. The van der Waals surface area contributed by atoms with Crippen LogP contribution in [0.1, 0.15) is 10.4 Å². The first-order valence-electron chi connectivity index (χ1n) is 5.99. The predicted molar refractivity (Wildman–Crippen MR) is 74.0 cm³/mol. The third-order valence-corrected chi connectivity index (χ3v) is 2.51. The molecule has 3 nitrogen and oxygen atoms in total. The van der Waals surface area contributed by atoms with Crippen molar-refractivity contribution in [2.75, 3.05) is 6.61 Å². The Balaban J connectivity index is 2.15. The molecule has 2 aromatic carbocycles. The quantitative estimate of drug-likeness (QED) is 0.589. The van der Waals surface area contributed by atoms with Gasteiger partial charge in [0.25, 0.3) is 0 Å². The Morgan fingerprint density at radius 2 is 1.80 bits per heavy atom. The predicted octanol–water partition coefficient (Wildman–Crippen LogP) is 4.00. The van der Waals surface area contributed by atoms with Crippen LogP contribution in [0.25, 0.3) is 0 Å². The summed E-state index contributed by atoms with van der Waals surface area (Å²) in [4.78, 5) is 10.6. The van der Waals surface area contributed by atoms with Gasteiger partial charge in [0.05, 0.1) is 0 Å². The summed E-state index contributed by atoms with van der Waals surface area (Å²) in [5.74, 6) is 0.642. The smallest absolute Gasteiger partial charge is 0.165 e. The van der Waals surface area contributed by atoms with Gasteiger partial charge in [-0.05, 0) is 36.4 Å². The highest BCUT2D eigenvalue weighted by Gasteiger charge is 2.06. The number of carbonyl (C=O) groups is 1. The van der Waals surface area contributed by atoms with Gasteiger partial charge in [0, 0.05) is 11.6 Å². The SMILES string of the molecule is C=CCOc1cc(Oc2ccc(C=O)cc2)ccc1F. The molecule has 20 heavy (non-hydrogen) atoms. The molecule has 0 atom stereocenters. The fourth-order valence-corrected chi connectivity index (χ4v) is 1.56. The van der Waals surface area contributed by atoms with Crippen LogP contribution < -0.4 is 9.47 Å². The maximum atomic E-state index is 13.5. The summed E-state index contributed by atoms with van der Waals surface area (Å²) in [5.41, 5.74) is 0.562. The first-order valence-corrected chi connectivity index (χ1v) is 5.99. The van der Waals surface area contributed by atoms with Gasteiger partial charge in [0.1, 0.15) is 24.4 Å². The second kappa shape index (κ2) is 6.52. The van der Waals surface area contributed by atoms with Crippen molar-refractivity contribution in [2.24, 2.45) is 0 Å². The van der Waals surface area contributed by atoms with Crippen LogP contribution in [0.4, 0.5) is 4.39 Å². The van der Waals surface area contributed by atoms with E-state index in [1.54, 1.807) is 24.3 Å². The van der Waals surface area contributed by atoms with Gasteiger partial charge in [-0.3, -0.25) is 4.79 Å². The number of halogens is 1. The lowest BCUT2D eigenvalue weighted by atomic mass is 10.2. The number of hydrogen-bond donors (Lipinski definition) is 0. The van der Waals surface area contributed by atoms with Crippen LogP contribution in [0.3, 0.4) is 0 Å². The van der Waals surface area contributed by atoms with Crippen LogP contribution >= 0.6 is 0 Å². The van der Waals surface area contributed by atoms with Gasteiger partial charge in [-0.15, -0.1) is 0 Å². The van der Waals surface area contributed by atoms with Crippen molar-refractivity contribution < 1.29 is 18.7 Å². The van der Waals surface area contributed by atoms with Crippen LogP contribution in [0.2, 0.25) is 0 Å². The largest absolute Gasteiger partial charge is 0.486 e. The Hall–Kier alpha value is -2.62. The van der Waals surface area contributed by atoms with Gasteiger partial charge in [0.15, 0.2) is 11.6 Å². The molecular weight excluding hydrogens is 259 g/mol. The van der Waals surface area contributed by atoms with E-state index in [-0.39, 0.29) is 12.4 Å². The molecule has 0 saturated heterocycles. The molecule has 0 bridgehead atoms. The molecule has 0 amide bonds. The van der Waals surface area contributed by atoms with E-state index in [1.165, 1.54) is 24.3 Å². The molecule has 0 fully saturated rings. The standard InChI is InChI=1S/C16H13FO3/c1-2-9-19-16-10-14(7-8-15(16)17)20-13-5-3-12(11-18)4-6-13/h2-8,10-11H,1,9H2. The van der Waals surface area contributed by atoms with E-state index >= 15 is 0 Å². The summed E-state index contributed by atoms with van der Waals surface area (Å²) in [6.07, 6.45) is 2.29. The second-order valence-corrected chi connectivity index (χ2v) is 3.98. The zero-order valence-corrected chi connectivity index (χ0v) is 10.7. The highest BCUT2D eigenvalue weighted by atomic mass is 19.1. The third-order valence-electron chi connectivity index (χ3n) is 2.51. The van der Waals surface area contributed by atoms with Gasteiger partial charge in [-0.2, -0.15) is 0 Å². The van der Waals surface area contributed by atoms with Crippen LogP contribution in [-0.2, 0) is 0 Å². The van der Waals surface area contributed by atoms with Gasteiger partial charge in [0.2, 0.25) is 0 Å². The molecule has 0 aliphatic rings. The Kier molecular flexibility index (Phi) is 4.50. The second-order valence-electron chi connectivity index (χ2n) is 3.98. The molecule has 4 heteroatoms. The number of ether oxygens (including phenoxy) is 2. The van der Waals surface area contributed by atoms with E-state index in [2.05, 4.69) is 6.58 Å².